The van der Waals surface area contributed by atoms with Gasteiger partial charge in [-0.25, -0.2) is 0 Å². The van der Waals surface area contributed by atoms with Crippen molar-refractivity contribution in [3.05, 3.63) is 57.5 Å². The van der Waals surface area contributed by atoms with E-state index in [1.807, 2.05) is 37.3 Å². The lowest BCUT2D eigenvalue weighted by Crippen LogP contribution is -2.26. The molecule has 0 aliphatic carbocycles. The molecule has 0 radical (unpaired) electrons. The first-order chi connectivity index (χ1) is 10.1. The predicted molar refractivity (Wildman–Crippen MR) is 90.3 cm³/mol. The monoisotopic (exact) mass is 369 g/mol. The fourth-order valence-corrected chi connectivity index (χ4v) is 2.31. The standard InChI is InChI=1S/C16H17BrClNO2/c1-11-6-7-12(8-14(11)17)19-9-13(20)10-21-16-5-3-2-4-15(16)18/h2-8,13,19-20H,9-10H2,1H3. The van der Waals surface area contributed by atoms with Gasteiger partial charge in [-0.2, -0.15) is 0 Å². The summed E-state index contributed by atoms with van der Waals surface area (Å²) in [5.41, 5.74) is 2.12. The average molecular weight is 371 g/mol. The summed E-state index contributed by atoms with van der Waals surface area (Å²) in [5, 5.41) is 13.7. The number of aliphatic hydroxyl groups excluding tert-OH is 1. The Labute approximate surface area is 138 Å². The van der Waals surface area contributed by atoms with Crippen molar-refractivity contribution in [1.29, 1.82) is 0 Å². The highest BCUT2D eigenvalue weighted by atomic mass is 79.9. The molecule has 0 bridgehead atoms. The van der Waals surface area contributed by atoms with Crippen LogP contribution in [0.4, 0.5) is 5.69 Å². The minimum atomic E-state index is -0.624. The molecule has 21 heavy (non-hydrogen) atoms. The molecule has 0 aliphatic heterocycles. The zero-order valence-corrected chi connectivity index (χ0v) is 14.0. The number of hydrogen-bond donors (Lipinski definition) is 2. The van der Waals surface area contributed by atoms with Gasteiger partial charge in [-0.3, -0.25) is 0 Å². The van der Waals surface area contributed by atoms with Crippen molar-refractivity contribution in [2.45, 2.75) is 13.0 Å². The maximum absolute atomic E-state index is 9.94. The quantitative estimate of drug-likeness (QED) is 0.798. The fourth-order valence-electron chi connectivity index (χ4n) is 1.75. The van der Waals surface area contributed by atoms with Crippen molar-refractivity contribution in [3.63, 3.8) is 0 Å². The molecular formula is C16H17BrClNO2. The van der Waals surface area contributed by atoms with E-state index in [9.17, 15) is 5.11 Å². The highest BCUT2D eigenvalue weighted by Gasteiger charge is 2.07. The van der Waals surface area contributed by atoms with Crippen LogP contribution in [0.15, 0.2) is 46.9 Å². The highest BCUT2D eigenvalue weighted by molar-refractivity contribution is 9.10. The van der Waals surface area contributed by atoms with E-state index in [0.29, 0.717) is 17.3 Å². The first-order valence-electron chi connectivity index (χ1n) is 6.61. The van der Waals surface area contributed by atoms with Gasteiger partial charge in [0.2, 0.25) is 0 Å². The SMILES string of the molecule is Cc1ccc(NCC(O)COc2ccccc2Cl)cc1Br. The Kier molecular flexibility index (Phi) is 5.91. The lowest BCUT2D eigenvalue weighted by atomic mass is 10.2. The number of anilines is 1. The van der Waals surface area contributed by atoms with E-state index in [-0.39, 0.29) is 6.61 Å². The molecular weight excluding hydrogens is 354 g/mol. The van der Waals surface area contributed by atoms with Crippen molar-refractivity contribution in [2.75, 3.05) is 18.5 Å². The van der Waals surface area contributed by atoms with Crippen LogP contribution in [0, 0.1) is 6.92 Å². The second kappa shape index (κ2) is 7.69. The van der Waals surface area contributed by atoms with Crippen LogP contribution in [0.5, 0.6) is 5.75 Å². The van der Waals surface area contributed by atoms with E-state index in [2.05, 4.69) is 21.2 Å². The molecule has 0 amide bonds. The molecule has 0 aliphatic rings. The minimum Gasteiger partial charge on any atom is -0.489 e. The van der Waals surface area contributed by atoms with Crippen molar-refractivity contribution < 1.29 is 9.84 Å². The number of hydrogen-bond acceptors (Lipinski definition) is 3. The summed E-state index contributed by atoms with van der Waals surface area (Å²) in [6.45, 7) is 2.61. The van der Waals surface area contributed by atoms with E-state index >= 15 is 0 Å². The molecule has 3 nitrogen and oxygen atoms in total. The van der Waals surface area contributed by atoms with Gasteiger partial charge in [-0.15, -0.1) is 0 Å². The first kappa shape index (κ1) is 16.1. The van der Waals surface area contributed by atoms with Gasteiger partial charge in [0.1, 0.15) is 18.5 Å². The van der Waals surface area contributed by atoms with Crippen LogP contribution in [-0.4, -0.2) is 24.4 Å². The van der Waals surface area contributed by atoms with Crippen molar-refractivity contribution in [2.24, 2.45) is 0 Å². The van der Waals surface area contributed by atoms with Crippen LogP contribution < -0.4 is 10.1 Å². The van der Waals surface area contributed by atoms with Gasteiger partial charge >= 0.3 is 0 Å². The summed E-state index contributed by atoms with van der Waals surface area (Å²) in [4.78, 5) is 0. The largest absolute Gasteiger partial charge is 0.489 e. The molecule has 0 aromatic heterocycles. The molecule has 2 aromatic carbocycles. The molecule has 5 heteroatoms. The molecule has 0 fully saturated rings. The maximum Gasteiger partial charge on any atom is 0.138 e. The molecule has 2 N–H and O–H groups in total. The molecule has 2 rings (SSSR count). The fraction of sp³-hybridized carbons (Fsp3) is 0.250. The van der Waals surface area contributed by atoms with Gasteiger partial charge in [0.15, 0.2) is 0 Å². The Morgan fingerprint density at radius 2 is 2.05 bits per heavy atom. The van der Waals surface area contributed by atoms with Crippen LogP contribution in [-0.2, 0) is 0 Å². The Morgan fingerprint density at radius 3 is 2.76 bits per heavy atom. The third-order valence-corrected chi connectivity index (χ3v) is 4.15. The lowest BCUT2D eigenvalue weighted by molar-refractivity contribution is 0.117. The van der Waals surface area contributed by atoms with Crippen molar-refractivity contribution >= 4 is 33.2 Å². The van der Waals surface area contributed by atoms with Crippen LogP contribution >= 0.6 is 27.5 Å². The normalized spacial score (nSPS) is 12.0. The van der Waals surface area contributed by atoms with Gasteiger partial charge in [-0.05, 0) is 36.8 Å². The van der Waals surface area contributed by atoms with Crippen LogP contribution in [0.1, 0.15) is 5.56 Å². The summed E-state index contributed by atoms with van der Waals surface area (Å²) < 4.78 is 6.54. The van der Waals surface area contributed by atoms with Gasteiger partial charge in [0.05, 0.1) is 5.02 Å². The number of benzene rings is 2. The molecule has 112 valence electrons. The molecule has 0 saturated heterocycles. The second-order valence-electron chi connectivity index (χ2n) is 4.74. The van der Waals surface area contributed by atoms with Crippen molar-refractivity contribution in [1.82, 2.24) is 0 Å². The third kappa shape index (κ3) is 4.92. The van der Waals surface area contributed by atoms with Crippen LogP contribution in [0.25, 0.3) is 0 Å². The third-order valence-electron chi connectivity index (χ3n) is 2.98. The number of aryl methyl sites for hydroxylation is 1. The van der Waals surface area contributed by atoms with Gasteiger partial charge in [-0.1, -0.05) is 45.7 Å². The maximum atomic E-state index is 9.94. The Hall–Kier alpha value is -1.23. The summed E-state index contributed by atoms with van der Waals surface area (Å²) in [5.74, 6) is 0.580. The van der Waals surface area contributed by atoms with Crippen molar-refractivity contribution in [3.8, 4) is 5.75 Å². The number of nitrogens with one attached hydrogen (secondary N) is 1. The first-order valence-corrected chi connectivity index (χ1v) is 7.79. The van der Waals surface area contributed by atoms with Crippen LogP contribution in [0.2, 0.25) is 5.02 Å². The molecule has 0 heterocycles. The summed E-state index contributed by atoms with van der Waals surface area (Å²) in [6.07, 6.45) is -0.624. The van der Waals surface area contributed by atoms with E-state index < -0.39 is 6.10 Å². The van der Waals surface area contributed by atoms with Gasteiger partial charge in [0.25, 0.3) is 0 Å². The molecule has 2 aromatic rings. The zero-order chi connectivity index (χ0) is 15.2. The topological polar surface area (TPSA) is 41.5 Å². The van der Waals surface area contributed by atoms with E-state index in [1.165, 1.54) is 5.56 Å². The summed E-state index contributed by atoms with van der Waals surface area (Å²) in [7, 11) is 0. The Bertz CT molecular complexity index is 607. The number of ether oxygens (including phenoxy) is 1. The minimum absolute atomic E-state index is 0.184. The number of para-hydroxylation sites is 1. The van der Waals surface area contributed by atoms with Crippen LogP contribution in [0.3, 0.4) is 0 Å². The molecule has 0 spiro atoms. The smallest absolute Gasteiger partial charge is 0.138 e. The summed E-state index contributed by atoms with van der Waals surface area (Å²) >= 11 is 9.47. The van der Waals surface area contributed by atoms with E-state index in [0.717, 1.165) is 10.2 Å². The highest BCUT2D eigenvalue weighted by Crippen LogP contribution is 2.23. The van der Waals surface area contributed by atoms with Gasteiger partial charge < -0.3 is 15.2 Å². The number of halogens is 2. The summed E-state index contributed by atoms with van der Waals surface area (Å²) in [6, 6.07) is 13.2. The molecule has 0 saturated carbocycles. The predicted octanol–water partition coefficient (Wildman–Crippen LogP) is 4.26. The zero-order valence-electron chi connectivity index (χ0n) is 11.6. The Morgan fingerprint density at radius 1 is 1.29 bits per heavy atom. The molecule has 1 atom stereocenters. The molecule has 1 unspecified atom stereocenters. The number of rotatable bonds is 6. The van der Waals surface area contributed by atoms with E-state index in [4.69, 9.17) is 16.3 Å². The number of aliphatic hydroxyl groups is 1. The second-order valence-corrected chi connectivity index (χ2v) is 6.00. The van der Waals surface area contributed by atoms with Gasteiger partial charge in [0, 0.05) is 16.7 Å². The van der Waals surface area contributed by atoms with E-state index in [1.54, 1.807) is 12.1 Å². The average Bonchev–Trinajstić information content (AvgIpc) is 2.47. The Balaban J connectivity index is 1.81. The lowest BCUT2D eigenvalue weighted by Gasteiger charge is -2.15.